The summed E-state index contributed by atoms with van der Waals surface area (Å²) >= 11 is 1.56. The van der Waals surface area contributed by atoms with E-state index in [2.05, 4.69) is 5.32 Å². The Hall–Kier alpha value is -2.58. The first-order valence-corrected chi connectivity index (χ1v) is 10.8. The number of carbonyl (C=O) groups is 1. The van der Waals surface area contributed by atoms with E-state index in [0.717, 1.165) is 29.4 Å². The number of amides is 1. The van der Waals surface area contributed by atoms with Gasteiger partial charge in [-0.1, -0.05) is 18.2 Å². The summed E-state index contributed by atoms with van der Waals surface area (Å²) < 4.78 is 42.6. The highest BCUT2D eigenvalue weighted by molar-refractivity contribution is 7.98. The Labute approximate surface area is 160 Å². The predicted molar refractivity (Wildman–Crippen MR) is 102 cm³/mol. The minimum atomic E-state index is -3.52. The summed E-state index contributed by atoms with van der Waals surface area (Å²) in [4.78, 5) is 13.3. The highest BCUT2D eigenvalue weighted by atomic mass is 32.2. The van der Waals surface area contributed by atoms with Crippen LogP contribution in [0.1, 0.15) is 16.3 Å². The highest BCUT2D eigenvalue weighted by Gasteiger charge is 2.16. The first-order chi connectivity index (χ1) is 12.8. The molecular weight excluding hydrogens is 389 g/mol. The number of benzene rings is 2. The maximum absolute atomic E-state index is 13.9. The van der Waals surface area contributed by atoms with Crippen LogP contribution in [0.15, 0.2) is 74.9 Å². The molecule has 0 saturated carbocycles. The third-order valence-electron chi connectivity index (χ3n) is 3.62. The van der Waals surface area contributed by atoms with Crippen LogP contribution in [0.2, 0.25) is 0 Å². The van der Waals surface area contributed by atoms with E-state index >= 15 is 0 Å². The van der Waals surface area contributed by atoms with E-state index in [1.807, 2.05) is 30.3 Å². The molecule has 0 fully saturated rings. The van der Waals surface area contributed by atoms with Crippen LogP contribution in [-0.2, 0) is 15.6 Å². The normalized spacial score (nSPS) is 11.3. The fraction of sp³-hybridized carbons (Fsp3) is 0.105. The number of sulfone groups is 1. The van der Waals surface area contributed by atoms with E-state index < -0.39 is 21.6 Å². The van der Waals surface area contributed by atoms with Gasteiger partial charge >= 0.3 is 0 Å². The Morgan fingerprint density at radius 2 is 1.85 bits per heavy atom. The molecule has 0 aliphatic carbocycles. The van der Waals surface area contributed by atoms with Gasteiger partial charge in [-0.3, -0.25) is 4.79 Å². The lowest BCUT2D eigenvalue weighted by Crippen LogP contribution is -2.13. The molecule has 3 aromatic rings. The average Bonchev–Trinajstić information content (AvgIpc) is 3.11. The van der Waals surface area contributed by atoms with Crippen molar-refractivity contribution in [1.29, 1.82) is 0 Å². The molecule has 0 aliphatic rings. The van der Waals surface area contributed by atoms with Crippen LogP contribution < -0.4 is 5.32 Å². The molecular formula is C19H16FNO4S2. The van der Waals surface area contributed by atoms with Crippen LogP contribution in [0, 0.1) is 5.82 Å². The molecule has 2 aromatic carbocycles. The van der Waals surface area contributed by atoms with Crippen LogP contribution in [0.4, 0.5) is 10.1 Å². The monoisotopic (exact) mass is 405 g/mol. The van der Waals surface area contributed by atoms with Crippen molar-refractivity contribution < 1.29 is 22.0 Å². The molecule has 140 valence electrons. The van der Waals surface area contributed by atoms with Crippen molar-refractivity contribution in [2.45, 2.75) is 15.5 Å². The molecule has 0 atom stereocenters. The van der Waals surface area contributed by atoms with Crippen LogP contribution >= 0.6 is 11.8 Å². The Bertz CT molecular complexity index is 1060. The predicted octanol–water partition coefficient (Wildman–Crippen LogP) is 4.37. The number of carbonyl (C=O) groups excluding carboxylic acids is 1. The standard InChI is InChI=1S/C19H16FNO4S2/c1-27(23,24)15-8-9-16(20)17(11-15)21-19(22)18-10-7-13(25-18)12-26-14-5-3-2-4-6-14/h2-11H,12H2,1H3,(H,21,22). The number of halogens is 1. The van der Waals surface area contributed by atoms with Gasteiger partial charge in [0, 0.05) is 11.2 Å². The maximum atomic E-state index is 13.9. The van der Waals surface area contributed by atoms with Crippen LogP contribution in [0.5, 0.6) is 0 Å². The first kappa shape index (κ1) is 19.2. The molecule has 27 heavy (non-hydrogen) atoms. The molecule has 0 unspecified atom stereocenters. The van der Waals surface area contributed by atoms with Gasteiger partial charge < -0.3 is 9.73 Å². The average molecular weight is 405 g/mol. The smallest absolute Gasteiger partial charge is 0.291 e. The number of anilines is 1. The Morgan fingerprint density at radius 1 is 1.11 bits per heavy atom. The summed E-state index contributed by atoms with van der Waals surface area (Å²) in [6.07, 6.45) is 1.01. The summed E-state index contributed by atoms with van der Waals surface area (Å²) in [5, 5.41) is 2.35. The third-order valence-corrected chi connectivity index (χ3v) is 5.77. The second kappa shape index (κ2) is 7.98. The second-order valence-corrected chi connectivity index (χ2v) is 8.80. The van der Waals surface area contributed by atoms with Crippen molar-refractivity contribution in [2.75, 3.05) is 11.6 Å². The van der Waals surface area contributed by atoms with Crippen molar-refractivity contribution in [1.82, 2.24) is 0 Å². The van der Waals surface area contributed by atoms with Gasteiger partial charge in [0.1, 0.15) is 11.6 Å². The molecule has 1 N–H and O–H groups in total. The molecule has 3 rings (SSSR count). The fourth-order valence-corrected chi connectivity index (χ4v) is 3.72. The largest absolute Gasteiger partial charge is 0.455 e. The summed E-state index contributed by atoms with van der Waals surface area (Å²) in [5.41, 5.74) is -0.223. The summed E-state index contributed by atoms with van der Waals surface area (Å²) in [7, 11) is -3.52. The quantitative estimate of drug-likeness (QED) is 0.487. The molecule has 0 radical (unpaired) electrons. The number of rotatable bonds is 6. The van der Waals surface area contributed by atoms with Gasteiger partial charge in [0.2, 0.25) is 0 Å². The molecule has 5 nitrogen and oxygen atoms in total. The Balaban J connectivity index is 1.69. The van der Waals surface area contributed by atoms with Gasteiger partial charge in [-0.05, 0) is 42.5 Å². The molecule has 0 aliphatic heterocycles. The Kier molecular flexibility index (Phi) is 5.67. The highest BCUT2D eigenvalue weighted by Crippen LogP contribution is 2.24. The molecule has 0 bridgehead atoms. The molecule has 1 aromatic heterocycles. The zero-order valence-corrected chi connectivity index (χ0v) is 15.9. The minimum absolute atomic E-state index is 0.0165. The van der Waals surface area contributed by atoms with Crippen LogP contribution in [-0.4, -0.2) is 20.6 Å². The van der Waals surface area contributed by atoms with E-state index in [-0.39, 0.29) is 16.3 Å². The van der Waals surface area contributed by atoms with Crippen molar-refractivity contribution in [2.24, 2.45) is 0 Å². The topological polar surface area (TPSA) is 76.4 Å². The number of furan rings is 1. The minimum Gasteiger partial charge on any atom is -0.455 e. The van der Waals surface area contributed by atoms with Crippen LogP contribution in [0.3, 0.4) is 0 Å². The fourth-order valence-electron chi connectivity index (χ4n) is 2.26. The summed E-state index contributed by atoms with van der Waals surface area (Å²) in [6.45, 7) is 0. The third kappa shape index (κ3) is 4.99. The lowest BCUT2D eigenvalue weighted by Gasteiger charge is -2.07. The lowest BCUT2D eigenvalue weighted by molar-refractivity contribution is 0.0994. The summed E-state index contributed by atoms with van der Waals surface area (Å²) in [6, 6.07) is 16.1. The van der Waals surface area contributed by atoms with Gasteiger partial charge in [0.05, 0.1) is 16.3 Å². The van der Waals surface area contributed by atoms with Gasteiger partial charge in [0.25, 0.3) is 5.91 Å². The van der Waals surface area contributed by atoms with Gasteiger partial charge in [-0.25, -0.2) is 12.8 Å². The number of nitrogens with one attached hydrogen (secondary N) is 1. The summed E-state index contributed by atoms with van der Waals surface area (Å²) in [5.74, 6) is -0.241. The van der Waals surface area contributed by atoms with Crippen molar-refractivity contribution in [3.63, 3.8) is 0 Å². The molecule has 1 amide bonds. The molecule has 0 saturated heterocycles. The zero-order valence-electron chi connectivity index (χ0n) is 14.3. The van der Waals surface area contributed by atoms with E-state index in [1.165, 1.54) is 6.07 Å². The van der Waals surface area contributed by atoms with Gasteiger partial charge in [0.15, 0.2) is 15.6 Å². The second-order valence-electron chi connectivity index (χ2n) is 5.74. The SMILES string of the molecule is CS(=O)(=O)c1ccc(F)c(NC(=O)c2ccc(CSc3ccccc3)o2)c1. The molecule has 8 heteroatoms. The molecule has 0 spiro atoms. The van der Waals surface area contributed by atoms with Gasteiger partial charge in [-0.2, -0.15) is 0 Å². The Morgan fingerprint density at radius 3 is 2.56 bits per heavy atom. The number of thioether (sulfide) groups is 1. The van der Waals surface area contributed by atoms with E-state index in [4.69, 9.17) is 4.42 Å². The number of hydrogen-bond acceptors (Lipinski definition) is 5. The van der Waals surface area contributed by atoms with Crippen molar-refractivity contribution >= 4 is 33.2 Å². The van der Waals surface area contributed by atoms with E-state index in [9.17, 15) is 17.6 Å². The zero-order chi connectivity index (χ0) is 19.4. The first-order valence-electron chi connectivity index (χ1n) is 7.90. The number of hydrogen-bond donors (Lipinski definition) is 1. The van der Waals surface area contributed by atoms with E-state index in [1.54, 1.807) is 17.8 Å². The van der Waals surface area contributed by atoms with Crippen molar-refractivity contribution in [3.8, 4) is 0 Å². The van der Waals surface area contributed by atoms with Gasteiger partial charge in [-0.15, -0.1) is 11.8 Å². The lowest BCUT2D eigenvalue weighted by atomic mass is 10.3. The van der Waals surface area contributed by atoms with E-state index in [0.29, 0.717) is 11.5 Å². The maximum Gasteiger partial charge on any atom is 0.291 e. The molecule has 1 heterocycles. The van der Waals surface area contributed by atoms with Crippen molar-refractivity contribution in [3.05, 3.63) is 78.0 Å². The van der Waals surface area contributed by atoms with Crippen LogP contribution in [0.25, 0.3) is 0 Å².